The van der Waals surface area contributed by atoms with E-state index in [1.54, 1.807) is 0 Å². The van der Waals surface area contributed by atoms with Crippen molar-refractivity contribution < 1.29 is 4.79 Å². The lowest BCUT2D eigenvalue weighted by Crippen LogP contribution is -2.43. The van der Waals surface area contributed by atoms with Crippen LogP contribution >= 0.6 is 11.3 Å². The van der Waals surface area contributed by atoms with Crippen molar-refractivity contribution in [3.05, 3.63) is 5.01 Å². The molecular formula is C11H20N4OS. The number of carbonyl (C=O) groups is 1. The maximum absolute atomic E-state index is 11.6. The molecule has 1 aromatic rings. The van der Waals surface area contributed by atoms with Crippen LogP contribution < -0.4 is 10.6 Å². The molecule has 0 aliphatic rings. The van der Waals surface area contributed by atoms with Gasteiger partial charge in [-0.25, -0.2) is 4.79 Å². The van der Waals surface area contributed by atoms with E-state index >= 15 is 0 Å². The Hall–Kier alpha value is -1.17. The van der Waals surface area contributed by atoms with E-state index in [0.717, 1.165) is 24.3 Å². The van der Waals surface area contributed by atoms with Crippen molar-refractivity contribution >= 4 is 22.5 Å². The van der Waals surface area contributed by atoms with Gasteiger partial charge in [0.15, 0.2) is 0 Å². The Labute approximate surface area is 106 Å². The standard InChI is InChI=1S/C11H20N4OS/c1-5-6-7-8-14-15-10(17-8)12-9(16)13-11(2,3)4/h5-7H2,1-4H3,(H2,12,13,15,16). The first-order valence-electron chi connectivity index (χ1n) is 5.82. The summed E-state index contributed by atoms with van der Waals surface area (Å²) in [5.74, 6) is 0. The molecule has 1 aromatic heterocycles. The molecule has 0 spiro atoms. The van der Waals surface area contributed by atoms with Gasteiger partial charge in [0.1, 0.15) is 5.01 Å². The molecule has 1 heterocycles. The van der Waals surface area contributed by atoms with Gasteiger partial charge in [-0.3, -0.25) is 5.32 Å². The zero-order valence-corrected chi connectivity index (χ0v) is 11.6. The van der Waals surface area contributed by atoms with E-state index in [2.05, 4.69) is 27.8 Å². The molecule has 0 aromatic carbocycles. The number of hydrogen-bond donors (Lipinski definition) is 2. The minimum Gasteiger partial charge on any atom is -0.333 e. The second-order valence-electron chi connectivity index (χ2n) is 4.93. The zero-order valence-electron chi connectivity index (χ0n) is 10.8. The molecule has 5 nitrogen and oxygen atoms in total. The van der Waals surface area contributed by atoms with Crippen molar-refractivity contribution in [3.8, 4) is 0 Å². The summed E-state index contributed by atoms with van der Waals surface area (Å²) in [6, 6.07) is -0.240. The SMILES string of the molecule is CCCCc1nnc(NC(=O)NC(C)(C)C)s1. The Bertz CT molecular complexity index is 370. The third-order valence-electron chi connectivity index (χ3n) is 1.92. The first-order valence-corrected chi connectivity index (χ1v) is 6.64. The predicted octanol–water partition coefficient (Wildman–Crippen LogP) is 2.80. The van der Waals surface area contributed by atoms with Crippen LogP contribution in [0.3, 0.4) is 0 Å². The predicted molar refractivity (Wildman–Crippen MR) is 70.4 cm³/mol. The van der Waals surface area contributed by atoms with Gasteiger partial charge in [-0.15, -0.1) is 10.2 Å². The normalized spacial score (nSPS) is 11.3. The second kappa shape index (κ2) is 5.95. The van der Waals surface area contributed by atoms with Crippen molar-refractivity contribution in [3.63, 3.8) is 0 Å². The van der Waals surface area contributed by atoms with Gasteiger partial charge in [0.2, 0.25) is 5.13 Å². The quantitative estimate of drug-likeness (QED) is 0.870. The number of anilines is 1. The number of urea groups is 1. The Kier molecular flexibility index (Phi) is 4.86. The molecule has 0 atom stereocenters. The fourth-order valence-electron chi connectivity index (χ4n) is 1.20. The van der Waals surface area contributed by atoms with Crippen molar-refractivity contribution in [1.29, 1.82) is 0 Å². The number of carbonyl (C=O) groups excluding carboxylic acids is 1. The van der Waals surface area contributed by atoms with Crippen molar-refractivity contribution in [2.24, 2.45) is 0 Å². The largest absolute Gasteiger partial charge is 0.333 e. The van der Waals surface area contributed by atoms with Crippen LogP contribution in [0.2, 0.25) is 0 Å². The molecule has 0 aliphatic heterocycles. The van der Waals surface area contributed by atoms with Gasteiger partial charge in [-0.05, 0) is 27.2 Å². The summed E-state index contributed by atoms with van der Waals surface area (Å²) >= 11 is 1.43. The summed E-state index contributed by atoms with van der Waals surface area (Å²) < 4.78 is 0. The van der Waals surface area contributed by atoms with Crippen LogP contribution in [0.1, 0.15) is 45.5 Å². The van der Waals surface area contributed by atoms with Crippen molar-refractivity contribution in [2.45, 2.75) is 52.5 Å². The molecule has 96 valence electrons. The van der Waals surface area contributed by atoms with Gasteiger partial charge in [0, 0.05) is 12.0 Å². The van der Waals surface area contributed by atoms with Crippen LogP contribution in [0.15, 0.2) is 0 Å². The highest BCUT2D eigenvalue weighted by Gasteiger charge is 2.15. The van der Waals surface area contributed by atoms with Gasteiger partial charge in [0.05, 0.1) is 0 Å². The number of unbranched alkanes of at least 4 members (excludes halogenated alkanes) is 1. The zero-order chi connectivity index (χ0) is 12.9. The van der Waals surface area contributed by atoms with E-state index in [9.17, 15) is 4.79 Å². The van der Waals surface area contributed by atoms with E-state index < -0.39 is 0 Å². The molecule has 17 heavy (non-hydrogen) atoms. The van der Waals surface area contributed by atoms with E-state index in [4.69, 9.17) is 0 Å². The third-order valence-corrected chi connectivity index (χ3v) is 2.82. The summed E-state index contributed by atoms with van der Waals surface area (Å²) in [7, 11) is 0. The molecule has 2 N–H and O–H groups in total. The monoisotopic (exact) mass is 256 g/mol. The van der Waals surface area contributed by atoms with Crippen LogP contribution in [0.25, 0.3) is 0 Å². The average Bonchev–Trinajstić information content (AvgIpc) is 2.59. The number of nitrogens with one attached hydrogen (secondary N) is 2. The fraction of sp³-hybridized carbons (Fsp3) is 0.727. The molecule has 2 amide bonds. The van der Waals surface area contributed by atoms with Crippen molar-refractivity contribution in [1.82, 2.24) is 15.5 Å². The van der Waals surface area contributed by atoms with Crippen LogP contribution in [-0.2, 0) is 6.42 Å². The Morgan fingerprint density at radius 3 is 2.65 bits per heavy atom. The van der Waals surface area contributed by atoms with E-state index in [1.807, 2.05) is 20.8 Å². The lowest BCUT2D eigenvalue weighted by atomic mass is 10.1. The molecule has 0 fully saturated rings. The number of nitrogens with zero attached hydrogens (tertiary/aromatic N) is 2. The molecule has 0 saturated heterocycles. The molecule has 6 heteroatoms. The maximum atomic E-state index is 11.6. The molecule has 1 rings (SSSR count). The van der Waals surface area contributed by atoms with Gasteiger partial charge in [-0.1, -0.05) is 24.7 Å². The number of rotatable bonds is 4. The molecule has 0 saturated carbocycles. The van der Waals surface area contributed by atoms with Crippen LogP contribution in [0.4, 0.5) is 9.93 Å². The summed E-state index contributed by atoms with van der Waals surface area (Å²) in [5, 5.41) is 15.0. The molecule has 0 unspecified atom stereocenters. The summed E-state index contributed by atoms with van der Waals surface area (Å²) in [6.07, 6.45) is 3.16. The summed E-state index contributed by atoms with van der Waals surface area (Å²) in [4.78, 5) is 11.6. The second-order valence-corrected chi connectivity index (χ2v) is 6.00. The van der Waals surface area contributed by atoms with E-state index in [1.165, 1.54) is 11.3 Å². The molecule has 0 aliphatic carbocycles. The van der Waals surface area contributed by atoms with Crippen LogP contribution in [-0.4, -0.2) is 21.8 Å². The van der Waals surface area contributed by atoms with Crippen LogP contribution in [0.5, 0.6) is 0 Å². The Morgan fingerprint density at radius 2 is 2.06 bits per heavy atom. The van der Waals surface area contributed by atoms with E-state index in [0.29, 0.717) is 5.13 Å². The average molecular weight is 256 g/mol. The topological polar surface area (TPSA) is 66.9 Å². The smallest absolute Gasteiger partial charge is 0.321 e. The highest BCUT2D eigenvalue weighted by molar-refractivity contribution is 7.15. The highest BCUT2D eigenvalue weighted by atomic mass is 32.1. The minimum absolute atomic E-state index is 0.240. The van der Waals surface area contributed by atoms with Gasteiger partial charge in [-0.2, -0.15) is 0 Å². The lowest BCUT2D eigenvalue weighted by molar-refractivity contribution is 0.244. The van der Waals surface area contributed by atoms with Gasteiger partial charge < -0.3 is 5.32 Å². The number of aromatic nitrogens is 2. The third kappa shape index (κ3) is 5.63. The summed E-state index contributed by atoms with van der Waals surface area (Å²) in [6.45, 7) is 7.93. The lowest BCUT2D eigenvalue weighted by Gasteiger charge is -2.19. The number of aryl methyl sites for hydroxylation is 1. The first-order chi connectivity index (χ1) is 7.90. The van der Waals surface area contributed by atoms with E-state index in [-0.39, 0.29) is 11.6 Å². The van der Waals surface area contributed by atoms with Gasteiger partial charge in [0.25, 0.3) is 0 Å². The Balaban J connectivity index is 2.46. The van der Waals surface area contributed by atoms with Crippen molar-refractivity contribution in [2.75, 3.05) is 5.32 Å². The molecular weight excluding hydrogens is 236 g/mol. The Morgan fingerprint density at radius 1 is 1.35 bits per heavy atom. The first kappa shape index (κ1) is 13.9. The number of amides is 2. The molecule has 0 radical (unpaired) electrons. The molecule has 0 bridgehead atoms. The summed E-state index contributed by atoms with van der Waals surface area (Å²) in [5.41, 5.74) is -0.250. The highest BCUT2D eigenvalue weighted by Crippen LogP contribution is 2.17. The minimum atomic E-state index is -0.250. The van der Waals surface area contributed by atoms with Gasteiger partial charge >= 0.3 is 6.03 Å². The number of hydrogen-bond acceptors (Lipinski definition) is 4. The fourth-order valence-corrected chi connectivity index (χ4v) is 1.98. The van der Waals surface area contributed by atoms with Crippen LogP contribution in [0, 0.1) is 0 Å². The maximum Gasteiger partial charge on any atom is 0.321 e.